The lowest BCUT2D eigenvalue weighted by molar-refractivity contribution is -0.128. The van der Waals surface area contributed by atoms with Gasteiger partial charge < -0.3 is 5.48 Å². The molecule has 176 valence electrons. The molecule has 0 saturated carbocycles. The third-order valence-corrected chi connectivity index (χ3v) is 6.79. The monoisotopic (exact) mass is 594 g/mol. The van der Waals surface area contributed by atoms with Gasteiger partial charge in [0.05, 0.1) is 0 Å². The van der Waals surface area contributed by atoms with Gasteiger partial charge in [-0.25, -0.2) is 0 Å². The Labute approximate surface area is 203 Å². The molecule has 0 bridgehead atoms. The molecule has 0 amide bonds. The predicted octanol–water partition coefficient (Wildman–Crippen LogP) is 8.85. The second kappa shape index (κ2) is 10.9. The highest BCUT2D eigenvalue weighted by atomic mass is 79.9. The molecule has 4 aromatic rings. The maximum absolute atomic E-state index is 12.6. The molecule has 33 heavy (non-hydrogen) atoms. The summed E-state index contributed by atoms with van der Waals surface area (Å²) in [5, 5.41) is 2.89. The van der Waals surface area contributed by atoms with E-state index in [2.05, 4.69) is 31.9 Å². The average molecular weight is 596 g/mol. The molecule has 1 nitrogen and oxygen atoms in total. The van der Waals surface area contributed by atoms with Crippen LogP contribution in [0.5, 0.6) is 0 Å². The molecule has 2 N–H and O–H groups in total. The van der Waals surface area contributed by atoms with Gasteiger partial charge in [-0.05, 0) is 32.7 Å². The molecule has 0 aliphatic heterocycles. The number of benzene rings is 4. The number of alkyl halides is 8. The zero-order valence-electron chi connectivity index (χ0n) is 16.8. The summed E-state index contributed by atoms with van der Waals surface area (Å²) in [4.78, 5) is -3.24. The van der Waals surface area contributed by atoms with Crippen LogP contribution in [0.4, 0.5) is 26.3 Å². The molecule has 2 unspecified atom stereocenters. The minimum atomic E-state index is -4.27. The summed E-state index contributed by atoms with van der Waals surface area (Å²) in [5.41, 5.74) is 0.510. The van der Waals surface area contributed by atoms with E-state index in [1.165, 1.54) is 12.1 Å². The molecule has 0 saturated heterocycles. The first kappa shape index (κ1) is 27.1. The second-order valence-electron chi connectivity index (χ2n) is 6.95. The Morgan fingerprint density at radius 2 is 0.788 bits per heavy atom. The lowest BCUT2D eigenvalue weighted by Crippen LogP contribution is -2.15. The molecule has 0 heterocycles. The number of hydrogen-bond donors (Lipinski definition) is 0. The lowest BCUT2D eigenvalue weighted by atomic mass is 10.0. The van der Waals surface area contributed by atoms with E-state index in [0.29, 0.717) is 10.8 Å². The summed E-state index contributed by atoms with van der Waals surface area (Å²) in [6.07, 6.45) is -8.55. The molecule has 0 aliphatic rings. The van der Waals surface area contributed by atoms with Gasteiger partial charge in [-0.15, -0.1) is 0 Å². The van der Waals surface area contributed by atoms with Crippen molar-refractivity contribution in [2.24, 2.45) is 0 Å². The fourth-order valence-electron chi connectivity index (χ4n) is 3.30. The Balaban J connectivity index is 0.000000227. The van der Waals surface area contributed by atoms with Gasteiger partial charge in [-0.1, -0.05) is 117 Å². The van der Waals surface area contributed by atoms with Gasteiger partial charge in [0.15, 0.2) is 0 Å². The summed E-state index contributed by atoms with van der Waals surface area (Å²) < 4.78 is 75.7. The summed E-state index contributed by atoms with van der Waals surface area (Å²) in [7, 11) is 0. The quantitative estimate of drug-likeness (QED) is 0.164. The zero-order valence-corrected chi connectivity index (χ0v) is 19.9. The number of rotatable bonds is 2. The molecule has 0 fully saturated rings. The number of fused-ring (bicyclic) bond motifs is 2. The van der Waals surface area contributed by atoms with Crippen molar-refractivity contribution >= 4 is 53.4 Å². The standard InChI is InChI=1S/2C12H8BrF3.H2O/c2*13-11(12(14,15)16)10-7-3-5-8-4-1-2-6-9(8)10;/h2*1-7,11H;1H2. The molecular formula is C24H18Br2F6O. The van der Waals surface area contributed by atoms with E-state index in [1.54, 1.807) is 60.7 Å². The molecule has 0 radical (unpaired) electrons. The van der Waals surface area contributed by atoms with Gasteiger partial charge in [0.1, 0.15) is 9.65 Å². The van der Waals surface area contributed by atoms with Gasteiger partial charge >= 0.3 is 12.4 Å². The summed E-state index contributed by atoms with van der Waals surface area (Å²) in [5.74, 6) is 0. The minimum absolute atomic E-state index is 0. The van der Waals surface area contributed by atoms with Crippen LogP contribution in [0.3, 0.4) is 0 Å². The highest BCUT2D eigenvalue weighted by Crippen LogP contribution is 2.43. The molecule has 0 spiro atoms. The number of halogens is 8. The van der Waals surface area contributed by atoms with Crippen LogP contribution in [0, 0.1) is 0 Å². The average Bonchev–Trinajstić information content (AvgIpc) is 2.76. The van der Waals surface area contributed by atoms with E-state index in [4.69, 9.17) is 0 Å². The van der Waals surface area contributed by atoms with Gasteiger partial charge in [0.25, 0.3) is 0 Å². The summed E-state index contributed by atoms with van der Waals surface area (Å²) in [6.45, 7) is 0. The van der Waals surface area contributed by atoms with Gasteiger partial charge in [0, 0.05) is 0 Å². The first-order valence-corrected chi connectivity index (χ1v) is 11.2. The van der Waals surface area contributed by atoms with E-state index in [9.17, 15) is 26.3 Å². The molecule has 2 atom stereocenters. The molecule has 4 rings (SSSR count). The first-order valence-electron chi connectivity index (χ1n) is 9.37. The van der Waals surface area contributed by atoms with Crippen LogP contribution in [-0.4, -0.2) is 17.8 Å². The van der Waals surface area contributed by atoms with Crippen molar-refractivity contribution in [3.8, 4) is 0 Å². The van der Waals surface area contributed by atoms with Crippen LogP contribution >= 0.6 is 31.9 Å². The van der Waals surface area contributed by atoms with Crippen LogP contribution in [0.2, 0.25) is 0 Å². The maximum Gasteiger partial charge on any atom is 0.405 e. The first-order chi connectivity index (χ1) is 15.0. The topological polar surface area (TPSA) is 31.5 Å². The Morgan fingerprint density at radius 3 is 1.12 bits per heavy atom. The Hall–Kier alpha value is -2.10. The number of hydrogen-bond acceptors (Lipinski definition) is 0. The van der Waals surface area contributed by atoms with Crippen molar-refractivity contribution < 1.29 is 31.8 Å². The summed E-state index contributed by atoms with van der Waals surface area (Å²) in [6, 6.07) is 24.0. The summed E-state index contributed by atoms with van der Waals surface area (Å²) >= 11 is 5.41. The SMILES string of the molecule is FC(F)(F)C(Br)c1cccc2ccccc12.FC(F)(F)C(Br)c1cccc2ccccc12.O. The molecular weight excluding hydrogens is 578 g/mol. The van der Waals surface area contributed by atoms with Crippen LogP contribution < -0.4 is 0 Å². The van der Waals surface area contributed by atoms with Crippen LogP contribution in [-0.2, 0) is 0 Å². The lowest BCUT2D eigenvalue weighted by Gasteiger charge is -2.16. The Bertz CT molecular complexity index is 1100. The highest BCUT2D eigenvalue weighted by molar-refractivity contribution is 9.09. The molecule has 9 heteroatoms. The zero-order chi connectivity index (χ0) is 23.5. The van der Waals surface area contributed by atoms with Crippen molar-refractivity contribution in [3.63, 3.8) is 0 Å². The third-order valence-electron chi connectivity index (χ3n) is 4.77. The maximum atomic E-state index is 12.6. The second-order valence-corrected chi connectivity index (χ2v) is 8.78. The van der Waals surface area contributed by atoms with Crippen molar-refractivity contribution in [3.05, 3.63) is 96.1 Å². The fourth-order valence-corrected chi connectivity index (χ4v) is 4.09. The molecule has 4 aromatic carbocycles. The fraction of sp³-hybridized carbons (Fsp3) is 0.167. The van der Waals surface area contributed by atoms with Gasteiger partial charge in [0.2, 0.25) is 0 Å². The van der Waals surface area contributed by atoms with Crippen LogP contribution in [0.15, 0.2) is 84.9 Å². The predicted molar refractivity (Wildman–Crippen MR) is 127 cm³/mol. The van der Waals surface area contributed by atoms with Crippen molar-refractivity contribution in [1.29, 1.82) is 0 Å². The van der Waals surface area contributed by atoms with E-state index in [0.717, 1.165) is 10.8 Å². The van der Waals surface area contributed by atoms with Gasteiger partial charge in [-0.2, -0.15) is 26.3 Å². The van der Waals surface area contributed by atoms with E-state index >= 15 is 0 Å². The molecule has 0 aromatic heterocycles. The molecule has 0 aliphatic carbocycles. The highest BCUT2D eigenvalue weighted by Gasteiger charge is 2.40. The van der Waals surface area contributed by atoms with E-state index < -0.39 is 22.0 Å². The van der Waals surface area contributed by atoms with Gasteiger partial charge in [-0.3, -0.25) is 0 Å². The Kier molecular flexibility index (Phi) is 8.95. The van der Waals surface area contributed by atoms with Crippen molar-refractivity contribution in [2.75, 3.05) is 0 Å². The smallest absolute Gasteiger partial charge is 0.405 e. The normalized spacial score (nSPS) is 13.6. The Morgan fingerprint density at radius 1 is 0.485 bits per heavy atom. The van der Waals surface area contributed by atoms with E-state index in [-0.39, 0.29) is 16.6 Å². The van der Waals surface area contributed by atoms with Crippen molar-refractivity contribution in [1.82, 2.24) is 0 Å². The van der Waals surface area contributed by atoms with Crippen LogP contribution in [0.25, 0.3) is 21.5 Å². The van der Waals surface area contributed by atoms with Crippen LogP contribution in [0.1, 0.15) is 20.8 Å². The van der Waals surface area contributed by atoms with Crippen molar-refractivity contribution in [2.45, 2.75) is 22.0 Å². The van der Waals surface area contributed by atoms with E-state index in [1.807, 2.05) is 12.1 Å². The third kappa shape index (κ3) is 6.49. The minimum Gasteiger partial charge on any atom is -0.412 e. The largest absolute Gasteiger partial charge is 0.412 e.